The first-order chi connectivity index (χ1) is 9.03. The largest absolute Gasteiger partial charge is 0.337 e. The van der Waals surface area contributed by atoms with Crippen LogP contribution in [-0.2, 0) is 9.59 Å². The van der Waals surface area contributed by atoms with Gasteiger partial charge in [0.15, 0.2) is 0 Å². The molecule has 4 atom stereocenters. The van der Waals surface area contributed by atoms with Crippen LogP contribution in [0.4, 0.5) is 0 Å². The first-order valence-corrected chi connectivity index (χ1v) is 6.97. The van der Waals surface area contributed by atoms with E-state index in [1.165, 1.54) is 0 Å². The molecule has 0 aromatic carbocycles. The van der Waals surface area contributed by atoms with Crippen LogP contribution in [0.1, 0.15) is 19.3 Å². The highest BCUT2D eigenvalue weighted by molar-refractivity contribution is 5.95. The molecule has 4 bridgehead atoms. The predicted octanol–water partition coefficient (Wildman–Crippen LogP) is 0.950. The van der Waals surface area contributed by atoms with Gasteiger partial charge in [-0.25, -0.2) is 0 Å². The van der Waals surface area contributed by atoms with Crippen molar-refractivity contribution in [2.24, 2.45) is 11.3 Å². The van der Waals surface area contributed by atoms with Crippen molar-refractivity contribution in [3.63, 3.8) is 0 Å². The van der Waals surface area contributed by atoms with E-state index in [2.05, 4.69) is 18.2 Å². The maximum atomic E-state index is 12.9. The Morgan fingerprint density at radius 2 is 1.95 bits per heavy atom. The van der Waals surface area contributed by atoms with Gasteiger partial charge in [-0.1, -0.05) is 24.3 Å². The Labute approximate surface area is 112 Å². The summed E-state index contributed by atoms with van der Waals surface area (Å²) in [6, 6.07) is -0.122. The third-order valence-corrected chi connectivity index (χ3v) is 5.79. The fourth-order valence-electron chi connectivity index (χ4n) is 4.71. The standard InChI is InChI=1S/C15H18N2O2/c1-16-11-5-8-14(13(16)19)6-3-7-15(14)9-4-10(11)12(18)17(15)2/h4-5,8-11H,3,6-7H2,1-2H3/t10-,11-,14-,15+/m0/s1. The van der Waals surface area contributed by atoms with Crippen LogP contribution in [0.5, 0.6) is 0 Å². The average molecular weight is 258 g/mol. The quantitative estimate of drug-likeness (QED) is 0.607. The van der Waals surface area contributed by atoms with Crippen molar-refractivity contribution in [3.8, 4) is 0 Å². The SMILES string of the molecule is CN1C(=O)[C@]23C=C[C@H]1[C@@H]1C=C[C@@]2(CCC3)N(C)C1=O. The molecule has 0 radical (unpaired) electrons. The van der Waals surface area contributed by atoms with Crippen molar-refractivity contribution >= 4 is 11.8 Å². The summed E-state index contributed by atoms with van der Waals surface area (Å²) in [7, 11) is 3.71. The second-order valence-electron chi connectivity index (χ2n) is 6.30. The molecular weight excluding hydrogens is 240 g/mol. The lowest BCUT2D eigenvalue weighted by Crippen LogP contribution is -2.70. The van der Waals surface area contributed by atoms with Gasteiger partial charge < -0.3 is 9.80 Å². The average Bonchev–Trinajstić information content (AvgIpc) is 2.72. The van der Waals surface area contributed by atoms with Gasteiger partial charge in [0.1, 0.15) is 0 Å². The Balaban J connectivity index is 2.06. The van der Waals surface area contributed by atoms with Crippen molar-refractivity contribution < 1.29 is 9.59 Å². The number of rotatable bonds is 0. The molecule has 7 aliphatic rings. The van der Waals surface area contributed by atoms with Crippen LogP contribution in [0.3, 0.4) is 0 Å². The summed E-state index contributed by atoms with van der Waals surface area (Å²) in [6.45, 7) is 0. The molecule has 0 aromatic heterocycles. The molecule has 1 saturated carbocycles. The lowest BCUT2D eigenvalue weighted by Gasteiger charge is -2.57. The zero-order chi connectivity index (χ0) is 13.4. The zero-order valence-electron chi connectivity index (χ0n) is 11.3. The second-order valence-corrected chi connectivity index (χ2v) is 6.30. The Bertz CT molecular complexity index is 552. The number of carbonyl (C=O) groups is 2. The maximum absolute atomic E-state index is 12.9. The summed E-state index contributed by atoms with van der Waals surface area (Å²) in [5.74, 6) is 0.119. The van der Waals surface area contributed by atoms with Gasteiger partial charge in [0.2, 0.25) is 11.8 Å². The summed E-state index contributed by atoms with van der Waals surface area (Å²) in [6.07, 6.45) is 11.1. The first kappa shape index (κ1) is 11.3. The molecule has 4 nitrogen and oxygen atoms in total. The molecule has 0 unspecified atom stereocenters. The Morgan fingerprint density at radius 1 is 1.16 bits per heavy atom. The van der Waals surface area contributed by atoms with Crippen molar-refractivity contribution in [2.75, 3.05) is 14.1 Å². The minimum atomic E-state index is -0.537. The fourth-order valence-corrected chi connectivity index (χ4v) is 4.71. The highest BCUT2D eigenvalue weighted by atomic mass is 16.2. The number of hydrogen-bond donors (Lipinski definition) is 0. The van der Waals surface area contributed by atoms with Crippen molar-refractivity contribution in [2.45, 2.75) is 30.8 Å². The van der Waals surface area contributed by atoms with E-state index in [0.29, 0.717) is 0 Å². The molecule has 5 heterocycles. The number of nitrogens with zero attached hydrogens (tertiary/aromatic N) is 2. The topological polar surface area (TPSA) is 40.6 Å². The van der Waals surface area contributed by atoms with E-state index in [4.69, 9.17) is 0 Å². The van der Waals surface area contributed by atoms with E-state index < -0.39 is 11.0 Å². The summed E-state index contributed by atoms with van der Waals surface area (Å²) < 4.78 is 0. The molecule has 0 aromatic rings. The molecule has 5 aliphatic heterocycles. The molecule has 100 valence electrons. The highest BCUT2D eigenvalue weighted by Gasteiger charge is 2.66. The van der Waals surface area contributed by atoms with Gasteiger partial charge in [-0.3, -0.25) is 9.59 Å². The van der Waals surface area contributed by atoms with Crippen LogP contribution in [0, 0.1) is 11.3 Å². The van der Waals surface area contributed by atoms with Gasteiger partial charge in [-0.15, -0.1) is 0 Å². The molecule has 2 amide bonds. The van der Waals surface area contributed by atoms with Crippen LogP contribution in [0.2, 0.25) is 0 Å². The van der Waals surface area contributed by atoms with E-state index in [1.807, 2.05) is 25.1 Å². The molecule has 1 saturated heterocycles. The van der Waals surface area contributed by atoms with Gasteiger partial charge in [-0.05, 0) is 19.3 Å². The van der Waals surface area contributed by atoms with Gasteiger partial charge in [0.25, 0.3) is 0 Å². The van der Waals surface area contributed by atoms with Crippen LogP contribution in [0.15, 0.2) is 24.3 Å². The van der Waals surface area contributed by atoms with Crippen LogP contribution < -0.4 is 0 Å². The van der Waals surface area contributed by atoms with E-state index in [0.717, 1.165) is 19.3 Å². The number of hydrogen-bond acceptors (Lipinski definition) is 2. The zero-order valence-corrected chi connectivity index (χ0v) is 11.3. The van der Waals surface area contributed by atoms with E-state index >= 15 is 0 Å². The number of carbonyl (C=O) groups excluding carboxylic acids is 2. The molecule has 2 aliphatic carbocycles. The van der Waals surface area contributed by atoms with Crippen molar-refractivity contribution in [1.82, 2.24) is 9.80 Å². The normalized spacial score (nSPS) is 46.8. The fraction of sp³-hybridized carbons (Fsp3) is 0.600. The molecular formula is C15H18N2O2. The Morgan fingerprint density at radius 3 is 2.74 bits per heavy atom. The lowest BCUT2D eigenvalue weighted by atomic mass is 9.62. The minimum absolute atomic E-state index is 0.122. The molecule has 7 rings (SSSR count). The Hall–Kier alpha value is -1.58. The lowest BCUT2D eigenvalue weighted by molar-refractivity contribution is -0.160. The van der Waals surface area contributed by atoms with Crippen molar-refractivity contribution in [1.29, 1.82) is 0 Å². The predicted molar refractivity (Wildman–Crippen MR) is 70.1 cm³/mol. The highest BCUT2D eigenvalue weighted by Crippen LogP contribution is 2.57. The molecule has 2 spiro atoms. The summed E-state index contributed by atoms with van der Waals surface area (Å²) in [4.78, 5) is 29.2. The van der Waals surface area contributed by atoms with Gasteiger partial charge >= 0.3 is 0 Å². The van der Waals surface area contributed by atoms with E-state index in [1.54, 1.807) is 4.90 Å². The molecule has 0 N–H and O–H groups in total. The van der Waals surface area contributed by atoms with Crippen LogP contribution in [-0.4, -0.2) is 47.3 Å². The minimum Gasteiger partial charge on any atom is -0.337 e. The van der Waals surface area contributed by atoms with E-state index in [-0.39, 0.29) is 23.8 Å². The summed E-state index contributed by atoms with van der Waals surface area (Å²) in [5.41, 5.74) is -0.974. The molecule has 2 fully saturated rings. The summed E-state index contributed by atoms with van der Waals surface area (Å²) in [5, 5.41) is 0. The second kappa shape index (κ2) is 3.11. The monoisotopic (exact) mass is 258 g/mol. The molecule has 19 heavy (non-hydrogen) atoms. The third-order valence-electron chi connectivity index (χ3n) is 5.79. The maximum Gasteiger partial charge on any atom is 0.235 e. The van der Waals surface area contributed by atoms with Crippen molar-refractivity contribution in [3.05, 3.63) is 24.3 Å². The summed E-state index contributed by atoms with van der Waals surface area (Å²) >= 11 is 0. The smallest absolute Gasteiger partial charge is 0.235 e. The number of amides is 2. The van der Waals surface area contributed by atoms with E-state index in [9.17, 15) is 9.59 Å². The van der Waals surface area contributed by atoms with Crippen LogP contribution in [0.25, 0.3) is 0 Å². The molecule has 4 heteroatoms. The van der Waals surface area contributed by atoms with Gasteiger partial charge in [0.05, 0.1) is 22.9 Å². The third kappa shape index (κ3) is 0.967. The van der Waals surface area contributed by atoms with Gasteiger partial charge in [0, 0.05) is 14.1 Å². The Kier molecular flexibility index (Phi) is 1.84. The number of likely N-dealkylation sites (N-methyl/N-ethyl adjacent to an activating group) is 2. The van der Waals surface area contributed by atoms with Gasteiger partial charge in [-0.2, -0.15) is 0 Å². The first-order valence-electron chi connectivity index (χ1n) is 6.97. The van der Waals surface area contributed by atoms with Crippen LogP contribution >= 0.6 is 0 Å².